The summed E-state index contributed by atoms with van der Waals surface area (Å²) in [5.41, 5.74) is 3.84. The molecule has 0 bridgehead atoms. The van der Waals surface area contributed by atoms with Gasteiger partial charge in [-0.05, 0) is 54.3 Å². The molecule has 0 radical (unpaired) electrons. The van der Waals surface area contributed by atoms with Crippen LogP contribution in [-0.2, 0) is 46.4 Å². The van der Waals surface area contributed by atoms with E-state index in [4.69, 9.17) is 5.73 Å². The summed E-state index contributed by atoms with van der Waals surface area (Å²) in [6.07, 6.45) is -1.16. The maximum absolute atomic E-state index is 14.1. The number of halogens is 6. The number of carbonyl (C=O) groups excluding carboxylic acids is 3. The van der Waals surface area contributed by atoms with Crippen molar-refractivity contribution >= 4 is 23.7 Å². The molecule has 2 amide bonds. The van der Waals surface area contributed by atoms with E-state index in [2.05, 4.69) is 22.0 Å². The van der Waals surface area contributed by atoms with Gasteiger partial charge in [-0.2, -0.15) is 18.3 Å². The number of fused-ring (bicyclic) bond motifs is 1. The van der Waals surface area contributed by atoms with E-state index in [1.165, 1.54) is 24.4 Å². The molecule has 8 nitrogen and oxygen atoms in total. The molecule has 0 saturated heterocycles. The number of amides is 2. The summed E-state index contributed by atoms with van der Waals surface area (Å²) in [6.45, 7) is 2.54. The molecule has 0 aliphatic heterocycles. The molecule has 1 aliphatic carbocycles. The predicted molar refractivity (Wildman–Crippen MR) is 146 cm³/mol. The number of primary amides is 1. The number of hydrogen-bond donors (Lipinski definition) is 2. The van der Waals surface area contributed by atoms with E-state index in [0.29, 0.717) is 6.07 Å². The minimum Gasteiger partial charge on any atom is -0.366 e. The summed E-state index contributed by atoms with van der Waals surface area (Å²) in [7, 11) is 0. The second-order valence-corrected chi connectivity index (χ2v) is 9.89. The van der Waals surface area contributed by atoms with Gasteiger partial charge in [0.25, 0.3) is 5.91 Å². The van der Waals surface area contributed by atoms with Gasteiger partial charge in [0.2, 0.25) is 5.91 Å². The first-order chi connectivity index (χ1) is 20.8. The SMILES string of the molecule is C=C/C(F)=C(\C=C\c1cccnc1[C@H](Cc1cc(F)cc(F)c1)NC(=O)Cn1nc(C(F)(F)F)c2c1CC(=O)CC2)C(N)=O. The van der Waals surface area contributed by atoms with Crippen LogP contribution in [0.3, 0.4) is 0 Å². The molecule has 3 N–H and O–H groups in total. The number of Topliss-reactive ketones (excluding diaryl/α,β-unsaturated/α-hetero) is 1. The molecule has 0 fully saturated rings. The average Bonchev–Trinajstić information content (AvgIpc) is 3.30. The molecule has 1 aliphatic rings. The van der Waals surface area contributed by atoms with E-state index in [-0.39, 0.29) is 59.5 Å². The lowest BCUT2D eigenvalue weighted by Gasteiger charge is -2.21. The molecule has 44 heavy (non-hydrogen) atoms. The first-order valence-electron chi connectivity index (χ1n) is 13.1. The zero-order valence-corrected chi connectivity index (χ0v) is 22.9. The second kappa shape index (κ2) is 13.1. The minimum atomic E-state index is -4.81. The highest BCUT2D eigenvalue weighted by Crippen LogP contribution is 2.35. The average molecular weight is 618 g/mol. The predicted octanol–water partition coefficient (Wildman–Crippen LogP) is 4.64. The molecule has 2 heterocycles. The molecule has 3 aromatic rings. The fourth-order valence-electron chi connectivity index (χ4n) is 4.87. The number of alkyl halides is 3. The zero-order valence-electron chi connectivity index (χ0n) is 22.9. The Morgan fingerprint density at radius 3 is 2.50 bits per heavy atom. The number of benzene rings is 1. The Labute approximate surface area is 247 Å². The number of aromatic nitrogens is 3. The van der Waals surface area contributed by atoms with Crippen LogP contribution in [0, 0.1) is 11.6 Å². The highest BCUT2D eigenvalue weighted by Gasteiger charge is 2.40. The van der Waals surface area contributed by atoms with E-state index in [1.807, 2.05) is 0 Å². The van der Waals surface area contributed by atoms with Gasteiger partial charge in [-0.1, -0.05) is 18.7 Å². The Balaban J connectivity index is 1.72. The molecule has 0 spiro atoms. The van der Waals surface area contributed by atoms with Crippen molar-refractivity contribution < 1.29 is 40.7 Å². The number of nitrogens with one attached hydrogen (secondary N) is 1. The van der Waals surface area contributed by atoms with Crippen molar-refractivity contribution in [1.29, 1.82) is 0 Å². The summed E-state index contributed by atoms with van der Waals surface area (Å²) < 4.78 is 84.0. The van der Waals surface area contributed by atoms with Gasteiger partial charge in [-0.3, -0.25) is 24.0 Å². The Morgan fingerprint density at radius 2 is 1.86 bits per heavy atom. The van der Waals surface area contributed by atoms with Crippen LogP contribution in [0.2, 0.25) is 0 Å². The van der Waals surface area contributed by atoms with Gasteiger partial charge in [0, 0.05) is 30.7 Å². The number of carbonyl (C=O) groups is 3. The highest BCUT2D eigenvalue weighted by atomic mass is 19.4. The zero-order chi connectivity index (χ0) is 32.2. The van der Waals surface area contributed by atoms with Crippen LogP contribution in [0.4, 0.5) is 26.3 Å². The topological polar surface area (TPSA) is 120 Å². The lowest BCUT2D eigenvalue weighted by molar-refractivity contribution is -0.142. The van der Waals surface area contributed by atoms with Gasteiger partial charge in [0.1, 0.15) is 29.8 Å². The van der Waals surface area contributed by atoms with Crippen LogP contribution < -0.4 is 11.1 Å². The molecule has 0 saturated carbocycles. The highest BCUT2D eigenvalue weighted by molar-refractivity contribution is 5.96. The number of hydrogen-bond acceptors (Lipinski definition) is 5. The molecular weight excluding hydrogens is 592 g/mol. The molecule has 1 atom stereocenters. The van der Waals surface area contributed by atoms with Crippen LogP contribution in [0.25, 0.3) is 6.08 Å². The van der Waals surface area contributed by atoms with Gasteiger partial charge in [-0.25, -0.2) is 13.2 Å². The number of nitrogens with zero attached hydrogens (tertiary/aromatic N) is 3. The Morgan fingerprint density at radius 1 is 1.16 bits per heavy atom. The van der Waals surface area contributed by atoms with Crippen LogP contribution in [0.1, 0.15) is 46.2 Å². The number of rotatable bonds is 10. The van der Waals surface area contributed by atoms with Crippen molar-refractivity contribution in [2.45, 2.75) is 44.4 Å². The summed E-state index contributed by atoms with van der Waals surface area (Å²) >= 11 is 0. The molecule has 0 unspecified atom stereocenters. The van der Waals surface area contributed by atoms with Crippen molar-refractivity contribution in [3.8, 4) is 0 Å². The molecule has 14 heteroatoms. The van der Waals surface area contributed by atoms with Crippen LogP contribution in [0.15, 0.2) is 66.7 Å². The van der Waals surface area contributed by atoms with E-state index in [0.717, 1.165) is 29.0 Å². The van der Waals surface area contributed by atoms with Gasteiger partial charge in [-0.15, -0.1) is 0 Å². The van der Waals surface area contributed by atoms with Gasteiger partial charge in [0.05, 0.1) is 23.0 Å². The van der Waals surface area contributed by atoms with Crippen LogP contribution in [0.5, 0.6) is 0 Å². The van der Waals surface area contributed by atoms with E-state index >= 15 is 0 Å². The number of nitrogens with two attached hydrogens (primary N) is 1. The first kappa shape index (κ1) is 31.9. The molecule has 230 valence electrons. The standard InChI is InChI=1S/C30H25F6N5O3/c1-2-23(33)21(29(37)44)7-5-17-4-3-9-38-27(17)24(12-16-10-18(31)13-19(32)11-16)39-26(43)15-41-25-14-20(42)6-8-22(25)28(40-41)30(34,35)36/h2-5,7,9-11,13,24H,1,6,8,12,14-15H2,(H2,37,44)(H,39,43)/b7-5+,23-21-/t24-/m0/s1. The second-order valence-electron chi connectivity index (χ2n) is 9.89. The summed E-state index contributed by atoms with van der Waals surface area (Å²) in [5, 5.41) is 6.21. The molecular formula is C30H25F6N5O3. The van der Waals surface area contributed by atoms with Crippen molar-refractivity contribution in [3.63, 3.8) is 0 Å². The molecule has 2 aromatic heterocycles. The number of pyridine rings is 1. The van der Waals surface area contributed by atoms with Gasteiger partial charge in [0.15, 0.2) is 5.69 Å². The lowest BCUT2D eigenvalue weighted by atomic mass is 9.94. The Kier molecular flexibility index (Phi) is 9.50. The molecule has 1 aromatic carbocycles. The van der Waals surface area contributed by atoms with Crippen molar-refractivity contribution in [2.75, 3.05) is 0 Å². The van der Waals surface area contributed by atoms with Gasteiger partial charge >= 0.3 is 6.18 Å². The summed E-state index contributed by atoms with van der Waals surface area (Å²) in [5.74, 6) is -5.03. The number of allylic oxidation sites excluding steroid dienone is 2. The van der Waals surface area contributed by atoms with Crippen molar-refractivity contribution in [3.05, 3.63) is 112 Å². The summed E-state index contributed by atoms with van der Waals surface area (Å²) in [4.78, 5) is 41.3. The minimum absolute atomic E-state index is 0.0241. The fourth-order valence-corrected chi connectivity index (χ4v) is 4.87. The van der Waals surface area contributed by atoms with E-state index in [9.17, 15) is 40.7 Å². The summed E-state index contributed by atoms with van der Waals surface area (Å²) in [6, 6.07) is 4.56. The Hall–Kier alpha value is -5.01. The van der Waals surface area contributed by atoms with E-state index in [1.54, 1.807) is 0 Å². The normalized spacial score (nSPS) is 14.6. The maximum Gasteiger partial charge on any atom is 0.435 e. The third-order valence-corrected chi connectivity index (χ3v) is 6.78. The fraction of sp³-hybridized carbons (Fsp3) is 0.233. The Bertz CT molecular complexity index is 1670. The van der Waals surface area contributed by atoms with Gasteiger partial charge < -0.3 is 11.1 Å². The maximum atomic E-state index is 14.1. The largest absolute Gasteiger partial charge is 0.435 e. The monoisotopic (exact) mass is 617 g/mol. The van der Waals surface area contributed by atoms with Crippen molar-refractivity contribution in [1.82, 2.24) is 20.1 Å². The first-order valence-corrected chi connectivity index (χ1v) is 13.1. The van der Waals surface area contributed by atoms with Crippen molar-refractivity contribution in [2.24, 2.45) is 5.73 Å². The number of ketones is 1. The third kappa shape index (κ3) is 7.49. The van der Waals surface area contributed by atoms with E-state index < -0.39 is 59.3 Å². The third-order valence-electron chi connectivity index (χ3n) is 6.78. The van der Waals surface area contributed by atoms with Crippen LogP contribution >= 0.6 is 0 Å². The van der Waals surface area contributed by atoms with Crippen LogP contribution in [-0.4, -0.2) is 32.4 Å². The molecule has 4 rings (SSSR count). The smallest absolute Gasteiger partial charge is 0.366 e. The quantitative estimate of drug-likeness (QED) is 0.195. The lowest BCUT2D eigenvalue weighted by Crippen LogP contribution is -2.34.